The molecule has 1 N–H and O–H groups in total. The molecule has 0 radical (unpaired) electrons. The fraction of sp³-hybridized carbons (Fsp3) is 0.875. The largest absolute Gasteiger partial charge is 0.375 e. The number of unbranched alkanes of at least 4 members (excludes halogenated alkanes) is 1. The van der Waals surface area contributed by atoms with E-state index in [4.69, 9.17) is 0 Å². The van der Waals surface area contributed by atoms with Crippen molar-refractivity contribution in [3.8, 4) is 0 Å². The van der Waals surface area contributed by atoms with Gasteiger partial charge in [-0.1, -0.05) is 0 Å². The maximum atomic E-state index is 10.8. The SMILES string of the molecule is COCC(=O)NCCCCSC. The smallest absolute Gasteiger partial charge is 0.245 e. The first-order chi connectivity index (χ1) is 5.81. The molecule has 0 rings (SSSR count). The molecular formula is C8H17NO2S. The van der Waals surface area contributed by atoms with Crippen LogP contribution in [0.4, 0.5) is 0 Å². The second kappa shape index (κ2) is 8.87. The number of nitrogens with one attached hydrogen (secondary N) is 1. The Morgan fingerprint density at radius 3 is 2.83 bits per heavy atom. The van der Waals surface area contributed by atoms with Crippen molar-refractivity contribution in [3.63, 3.8) is 0 Å². The zero-order valence-corrected chi connectivity index (χ0v) is 8.58. The van der Waals surface area contributed by atoms with Gasteiger partial charge in [-0.3, -0.25) is 4.79 Å². The molecule has 0 spiro atoms. The van der Waals surface area contributed by atoms with Gasteiger partial charge in [-0.05, 0) is 24.9 Å². The molecule has 0 aliphatic carbocycles. The van der Waals surface area contributed by atoms with Crippen LogP contribution in [-0.4, -0.2) is 38.2 Å². The predicted octanol–water partition coefficient (Wildman–Crippen LogP) is 0.892. The third kappa shape index (κ3) is 7.88. The van der Waals surface area contributed by atoms with Gasteiger partial charge in [-0.25, -0.2) is 0 Å². The molecular weight excluding hydrogens is 174 g/mol. The number of rotatable bonds is 7. The molecule has 0 fully saturated rings. The average Bonchev–Trinajstić information content (AvgIpc) is 2.05. The predicted molar refractivity (Wildman–Crippen MR) is 52.5 cm³/mol. The van der Waals surface area contributed by atoms with Crippen LogP contribution in [0.25, 0.3) is 0 Å². The third-order valence-corrected chi connectivity index (χ3v) is 2.07. The molecule has 72 valence electrons. The summed E-state index contributed by atoms with van der Waals surface area (Å²) < 4.78 is 4.67. The van der Waals surface area contributed by atoms with Crippen molar-refractivity contribution in [1.82, 2.24) is 5.32 Å². The lowest BCUT2D eigenvalue weighted by molar-refractivity contribution is -0.124. The van der Waals surface area contributed by atoms with Crippen molar-refractivity contribution in [1.29, 1.82) is 0 Å². The second-order valence-electron chi connectivity index (χ2n) is 2.48. The van der Waals surface area contributed by atoms with E-state index in [0.717, 1.165) is 19.4 Å². The van der Waals surface area contributed by atoms with Crippen LogP contribution >= 0.6 is 11.8 Å². The maximum Gasteiger partial charge on any atom is 0.245 e. The lowest BCUT2D eigenvalue weighted by Gasteiger charge is -2.02. The molecule has 0 bridgehead atoms. The molecule has 0 heterocycles. The number of hydrogen-bond acceptors (Lipinski definition) is 3. The van der Waals surface area contributed by atoms with Gasteiger partial charge in [-0.2, -0.15) is 11.8 Å². The van der Waals surface area contributed by atoms with Gasteiger partial charge in [0.2, 0.25) is 5.91 Å². The molecule has 4 heteroatoms. The molecule has 0 saturated heterocycles. The zero-order valence-electron chi connectivity index (χ0n) is 7.76. The molecule has 0 aromatic carbocycles. The van der Waals surface area contributed by atoms with Crippen molar-refractivity contribution in [2.75, 3.05) is 32.3 Å². The van der Waals surface area contributed by atoms with Crippen LogP contribution in [0.3, 0.4) is 0 Å². The average molecular weight is 191 g/mol. The quantitative estimate of drug-likeness (QED) is 0.607. The van der Waals surface area contributed by atoms with Crippen molar-refractivity contribution in [2.24, 2.45) is 0 Å². The van der Waals surface area contributed by atoms with Gasteiger partial charge in [0.1, 0.15) is 6.61 Å². The number of ether oxygens (including phenoxy) is 1. The first-order valence-electron chi connectivity index (χ1n) is 4.06. The topological polar surface area (TPSA) is 38.3 Å². The summed E-state index contributed by atoms with van der Waals surface area (Å²) in [6, 6.07) is 0. The van der Waals surface area contributed by atoms with Crippen molar-refractivity contribution in [2.45, 2.75) is 12.8 Å². The van der Waals surface area contributed by atoms with E-state index in [1.165, 1.54) is 12.9 Å². The van der Waals surface area contributed by atoms with E-state index >= 15 is 0 Å². The fourth-order valence-corrected chi connectivity index (χ4v) is 1.27. The Hall–Kier alpha value is -0.220. The molecule has 0 unspecified atom stereocenters. The number of carbonyl (C=O) groups excluding carboxylic acids is 1. The monoisotopic (exact) mass is 191 g/mol. The highest BCUT2D eigenvalue weighted by Crippen LogP contribution is 1.97. The van der Waals surface area contributed by atoms with E-state index in [9.17, 15) is 4.79 Å². The Balaban J connectivity index is 3.03. The third-order valence-electron chi connectivity index (χ3n) is 1.37. The standard InChI is InChI=1S/C8H17NO2S/c1-11-7-8(10)9-5-3-4-6-12-2/h3-7H2,1-2H3,(H,9,10). The summed E-state index contributed by atoms with van der Waals surface area (Å²) in [6.45, 7) is 0.936. The van der Waals surface area contributed by atoms with E-state index in [-0.39, 0.29) is 12.5 Å². The summed E-state index contributed by atoms with van der Waals surface area (Å²) in [5.41, 5.74) is 0. The van der Waals surface area contributed by atoms with Gasteiger partial charge in [-0.15, -0.1) is 0 Å². The van der Waals surface area contributed by atoms with Crippen molar-refractivity contribution >= 4 is 17.7 Å². The van der Waals surface area contributed by atoms with E-state index in [1.54, 1.807) is 0 Å². The molecule has 3 nitrogen and oxygen atoms in total. The minimum atomic E-state index is -0.0262. The normalized spacial score (nSPS) is 9.83. The van der Waals surface area contributed by atoms with Crippen LogP contribution in [0.15, 0.2) is 0 Å². The van der Waals surface area contributed by atoms with E-state index in [1.807, 2.05) is 11.8 Å². The summed E-state index contributed by atoms with van der Waals surface area (Å²) >= 11 is 1.83. The summed E-state index contributed by atoms with van der Waals surface area (Å²) in [4.78, 5) is 10.8. The second-order valence-corrected chi connectivity index (χ2v) is 3.47. The lowest BCUT2D eigenvalue weighted by Crippen LogP contribution is -2.27. The Labute approximate surface area is 78.2 Å². The Morgan fingerprint density at radius 2 is 2.25 bits per heavy atom. The molecule has 0 aliphatic heterocycles. The Kier molecular flexibility index (Phi) is 8.71. The van der Waals surface area contributed by atoms with E-state index in [0.29, 0.717) is 0 Å². The summed E-state index contributed by atoms with van der Waals surface area (Å²) in [5, 5.41) is 2.77. The van der Waals surface area contributed by atoms with Crippen LogP contribution in [0.1, 0.15) is 12.8 Å². The minimum Gasteiger partial charge on any atom is -0.375 e. The number of hydrogen-bond donors (Lipinski definition) is 1. The Morgan fingerprint density at radius 1 is 1.50 bits per heavy atom. The highest BCUT2D eigenvalue weighted by atomic mass is 32.2. The Bertz CT molecular complexity index is 120. The molecule has 0 aromatic heterocycles. The molecule has 12 heavy (non-hydrogen) atoms. The fourth-order valence-electron chi connectivity index (χ4n) is 0.781. The van der Waals surface area contributed by atoms with Gasteiger partial charge >= 0.3 is 0 Å². The van der Waals surface area contributed by atoms with Gasteiger partial charge < -0.3 is 10.1 Å². The number of methoxy groups -OCH3 is 1. The van der Waals surface area contributed by atoms with Crippen LogP contribution in [0.2, 0.25) is 0 Å². The maximum absolute atomic E-state index is 10.8. The summed E-state index contributed by atoms with van der Waals surface area (Å²) in [6.07, 6.45) is 4.30. The van der Waals surface area contributed by atoms with Crippen LogP contribution in [0, 0.1) is 0 Å². The molecule has 0 atom stereocenters. The lowest BCUT2D eigenvalue weighted by atomic mass is 10.3. The highest BCUT2D eigenvalue weighted by Gasteiger charge is 1.96. The molecule has 0 saturated carbocycles. The van der Waals surface area contributed by atoms with Crippen LogP contribution in [0.5, 0.6) is 0 Å². The van der Waals surface area contributed by atoms with Crippen molar-refractivity contribution in [3.05, 3.63) is 0 Å². The van der Waals surface area contributed by atoms with E-state index < -0.39 is 0 Å². The van der Waals surface area contributed by atoms with Gasteiger partial charge in [0, 0.05) is 13.7 Å². The van der Waals surface area contributed by atoms with Gasteiger partial charge in [0.05, 0.1) is 0 Å². The summed E-state index contributed by atoms with van der Waals surface area (Å²) in [5.74, 6) is 1.14. The van der Waals surface area contributed by atoms with Crippen LogP contribution in [-0.2, 0) is 9.53 Å². The zero-order chi connectivity index (χ0) is 9.23. The number of carbonyl (C=O) groups is 1. The van der Waals surface area contributed by atoms with Gasteiger partial charge in [0.25, 0.3) is 0 Å². The van der Waals surface area contributed by atoms with E-state index in [2.05, 4.69) is 16.3 Å². The number of thioether (sulfide) groups is 1. The van der Waals surface area contributed by atoms with Crippen LogP contribution < -0.4 is 5.32 Å². The molecule has 0 aromatic rings. The summed E-state index contributed by atoms with van der Waals surface area (Å²) in [7, 11) is 1.52. The molecule has 1 amide bonds. The van der Waals surface area contributed by atoms with Gasteiger partial charge in [0.15, 0.2) is 0 Å². The molecule has 0 aliphatic rings. The first-order valence-corrected chi connectivity index (χ1v) is 5.45. The number of amides is 1. The minimum absolute atomic E-state index is 0.0262. The highest BCUT2D eigenvalue weighted by molar-refractivity contribution is 7.98. The van der Waals surface area contributed by atoms with Crippen molar-refractivity contribution < 1.29 is 9.53 Å². The first kappa shape index (κ1) is 11.8.